The molecule has 138 valence electrons. The fraction of sp³-hybridized carbons (Fsp3) is 0.158. The Hall–Kier alpha value is -3.55. The third-order valence-corrected chi connectivity index (χ3v) is 4.07. The molecule has 0 saturated carbocycles. The number of amides is 2. The second kappa shape index (κ2) is 7.77. The Labute approximate surface area is 153 Å². The monoisotopic (exact) mass is 368 g/mol. The molecule has 0 atom stereocenters. The molecule has 0 radical (unpaired) electrons. The van der Waals surface area contributed by atoms with Gasteiger partial charge in [-0.2, -0.15) is 5.10 Å². The van der Waals surface area contributed by atoms with Crippen molar-refractivity contribution in [3.8, 4) is 0 Å². The summed E-state index contributed by atoms with van der Waals surface area (Å²) in [5.74, 6) is -1.49. The average Bonchev–Trinajstić information content (AvgIpc) is 2.65. The Morgan fingerprint density at radius 2 is 1.81 bits per heavy atom. The third kappa shape index (κ3) is 4.17. The molecule has 0 spiro atoms. The molecular formula is C19H17FN4O3. The van der Waals surface area contributed by atoms with Gasteiger partial charge in [-0.3, -0.25) is 14.4 Å². The quantitative estimate of drug-likeness (QED) is 0.712. The zero-order valence-electron chi connectivity index (χ0n) is 14.3. The number of rotatable bonds is 6. The van der Waals surface area contributed by atoms with E-state index in [9.17, 15) is 18.8 Å². The van der Waals surface area contributed by atoms with E-state index in [0.717, 1.165) is 4.68 Å². The first-order valence-electron chi connectivity index (χ1n) is 8.25. The molecule has 3 rings (SSSR count). The normalized spacial score (nSPS) is 10.7. The van der Waals surface area contributed by atoms with E-state index in [0.29, 0.717) is 16.5 Å². The van der Waals surface area contributed by atoms with Gasteiger partial charge in [-0.15, -0.1) is 0 Å². The smallest absolute Gasteiger partial charge is 0.275 e. The second-order valence-corrected chi connectivity index (χ2v) is 5.93. The van der Waals surface area contributed by atoms with Crippen LogP contribution in [-0.4, -0.2) is 28.1 Å². The summed E-state index contributed by atoms with van der Waals surface area (Å²) in [5, 5.41) is 5.16. The predicted molar refractivity (Wildman–Crippen MR) is 98.6 cm³/mol. The number of carbonyl (C=O) groups is 2. The van der Waals surface area contributed by atoms with Gasteiger partial charge in [-0.25, -0.2) is 9.07 Å². The van der Waals surface area contributed by atoms with E-state index >= 15 is 0 Å². The number of primary amides is 1. The molecule has 0 saturated heterocycles. The molecule has 3 aromatic rings. The van der Waals surface area contributed by atoms with Crippen molar-refractivity contribution in [3.63, 3.8) is 0 Å². The zero-order valence-corrected chi connectivity index (χ0v) is 14.3. The van der Waals surface area contributed by atoms with Crippen molar-refractivity contribution >= 4 is 28.3 Å². The number of hydrogen-bond donors (Lipinski definition) is 1. The van der Waals surface area contributed by atoms with Crippen LogP contribution >= 0.6 is 0 Å². The lowest BCUT2D eigenvalue weighted by Crippen LogP contribution is -2.39. The molecule has 0 aliphatic rings. The molecule has 0 bridgehead atoms. The summed E-state index contributed by atoms with van der Waals surface area (Å²) in [5.41, 5.74) is 5.18. The molecule has 7 nitrogen and oxygen atoms in total. The van der Waals surface area contributed by atoms with Gasteiger partial charge in [-0.05, 0) is 30.3 Å². The lowest BCUT2D eigenvalue weighted by Gasteiger charge is -2.22. The van der Waals surface area contributed by atoms with Gasteiger partial charge >= 0.3 is 0 Å². The van der Waals surface area contributed by atoms with E-state index in [1.807, 2.05) is 0 Å². The Morgan fingerprint density at radius 1 is 1.11 bits per heavy atom. The number of hydrogen-bond acceptors (Lipinski definition) is 4. The summed E-state index contributed by atoms with van der Waals surface area (Å²) in [6, 6.07) is 12.2. The van der Waals surface area contributed by atoms with Crippen molar-refractivity contribution in [2.45, 2.75) is 13.0 Å². The SMILES string of the molecule is NC(=O)CCN(C(=O)Cn1ncc2ccccc2c1=O)c1ccc(F)cc1. The van der Waals surface area contributed by atoms with E-state index < -0.39 is 23.2 Å². The van der Waals surface area contributed by atoms with Crippen LogP contribution in [0, 0.1) is 5.82 Å². The minimum absolute atomic E-state index is 0.0160. The van der Waals surface area contributed by atoms with Crippen LogP contribution in [0.5, 0.6) is 0 Å². The highest BCUT2D eigenvalue weighted by atomic mass is 19.1. The molecule has 0 aliphatic heterocycles. The fourth-order valence-electron chi connectivity index (χ4n) is 2.69. The maximum Gasteiger partial charge on any atom is 0.275 e. The topological polar surface area (TPSA) is 98.3 Å². The Balaban J connectivity index is 1.90. The Morgan fingerprint density at radius 3 is 2.52 bits per heavy atom. The molecule has 0 aliphatic carbocycles. The largest absolute Gasteiger partial charge is 0.370 e. The highest BCUT2D eigenvalue weighted by Crippen LogP contribution is 2.16. The highest BCUT2D eigenvalue weighted by molar-refractivity contribution is 5.94. The number of nitrogens with two attached hydrogens (primary N) is 1. The van der Waals surface area contributed by atoms with Crippen LogP contribution in [0.4, 0.5) is 10.1 Å². The fourth-order valence-corrected chi connectivity index (χ4v) is 2.69. The van der Waals surface area contributed by atoms with Gasteiger partial charge in [-0.1, -0.05) is 18.2 Å². The van der Waals surface area contributed by atoms with Crippen LogP contribution in [-0.2, 0) is 16.1 Å². The van der Waals surface area contributed by atoms with E-state index in [2.05, 4.69) is 5.10 Å². The Kier molecular flexibility index (Phi) is 5.25. The van der Waals surface area contributed by atoms with E-state index in [-0.39, 0.29) is 19.5 Å². The van der Waals surface area contributed by atoms with Crippen LogP contribution in [0.3, 0.4) is 0 Å². The maximum atomic E-state index is 13.2. The van der Waals surface area contributed by atoms with Crippen LogP contribution in [0.15, 0.2) is 59.5 Å². The summed E-state index contributed by atoms with van der Waals surface area (Å²) in [6.07, 6.45) is 1.44. The lowest BCUT2D eigenvalue weighted by molar-refractivity contribution is -0.119. The van der Waals surface area contributed by atoms with Crippen molar-refractivity contribution in [2.24, 2.45) is 5.73 Å². The molecule has 2 N–H and O–H groups in total. The first kappa shape index (κ1) is 18.2. The maximum absolute atomic E-state index is 13.2. The molecule has 27 heavy (non-hydrogen) atoms. The molecular weight excluding hydrogens is 351 g/mol. The van der Waals surface area contributed by atoms with Crippen molar-refractivity contribution in [3.05, 3.63) is 70.9 Å². The summed E-state index contributed by atoms with van der Waals surface area (Å²) >= 11 is 0. The third-order valence-electron chi connectivity index (χ3n) is 4.07. The van der Waals surface area contributed by atoms with Gasteiger partial charge in [0.1, 0.15) is 12.4 Å². The number of halogens is 1. The van der Waals surface area contributed by atoms with E-state index in [1.54, 1.807) is 24.3 Å². The van der Waals surface area contributed by atoms with Crippen molar-refractivity contribution in [1.29, 1.82) is 0 Å². The Bertz CT molecular complexity index is 1050. The molecule has 8 heteroatoms. The standard InChI is InChI=1S/C19H17FN4O3/c20-14-5-7-15(8-6-14)23(10-9-17(21)25)18(26)12-24-19(27)16-4-2-1-3-13(16)11-22-24/h1-8,11H,9-10,12H2,(H2,21,25). The number of benzene rings is 2. The average molecular weight is 368 g/mol. The minimum Gasteiger partial charge on any atom is -0.370 e. The van der Waals surface area contributed by atoms with Gasteiger partial charge in [0.15, 0.2) is 0 Å². The first-order valence-corrected chi connectivity index (χ1v) is 8.25. The highest BCUT2D eigenvalue weighted by Gasteiger charge is 2.18. The summed E-state index contributed by atoms with van der Waals surface area (Å²) in [7, 11) is 0. The predicted octanol–water partition coefficient (Wildman–Crippen LogP) is 1.44. The molecule has 1 heterocycles. The summed E-state index contributed by atoms with van der Waals surface area (Å²) in [4.78, 5) is 37.7. The van der Waals surface area contributed by atoms with E-state index in [1.165, 1.54) is 35.4 Å². The van der Waals surface area contributed by atoms with Crippen molar-refractivity contribution in [2.75, 3.05) is 11.4 Å². The number of anilines is 1. The molecule has 2 amide bonds. The number of nitrogens with zero attached hydrogens (tertiary/aromatic N) is 3. The van der Waals surface area contributed by atoms with Crippen LogP contribution < -0.4 is 16.2 Å². The van der Waals surface area contributed by atoms with Crippen LogP contribution in [0.1, 0.15) is 6.42 Å². The number of carbonyl (C=O) groups excluding carboxylic acids is 2. The second-order valence-electron chi connectivity index (χ2n) is 5.93. The number of aromatic nitrogens is 2. The molecule has 0 fully saturated rings. The lowest BCUT2D eigenvalue weighted by atomic mass is 10.2. The van der Waals surface area contributed by atoms with Gasteiger partial charge < -0.3 is 10.6 Å². The summed E-state index contributed by atoms with van der Waals surface area (Å²) in [6.45, 7) is -0.304. The number of fused-ring (bicyclic) bond motifs is 1. The van der Waals surface area contributed by atoms with Crippen molar-refractivity contribution in [1.82, 2.24) is 9.78 Å². The van der Waals surface area contributed by atoms with Gasteiger partial charge in [0.25, 0.3) is 5.56 Å². The first-order chi connectivity index (χ1) is 13.0. The minimum atomic E-state index is -0.573. The van der Waals surface area contributed by atoms with Crippen molar-refractivity contribution < 1.29 is 14.0 Å². The zero-order chi connectivity index (χ0) is 19.4. The van der Waals surface area contributed by atoms with Crippen LogP contribution in [0.2, 0.25) is 0 Å². The van der Waals surface area contributed by atoms with Crippen LogP contribution in [0.25, 0.3) is 10.8 Å². The molecule has 1 aromatic heterocycles. The van der Waals surface area contributed by atoms with Gasteiger partial charge in [0.05, 0.1) is 11.6 Å². The summed E-state index contributed by atoms with van der Waals surface area (Å²) < 4.78 is 14.2. The molecule has 0 unspecified atom stereocenters. The molecule has 2 aromatic carbocycles. The van der Waals surface area contributed by atoms with Gasteiger partial charge in [0.2, 0.25) is 11.8 Å². The van der Waals surface area contributed by atoms with E-state index in [4.69, 9.17) is 5.73 Å². The van der Waals surface area contributed by atoms with Gasteiger partial charge in [0, 0.05) is 24.0 Å².